The lowest BCUT2D eigenvalue weighted by atomic mass is 10.2. The Hall–Kier alpha value is -1.25. The average molecular weight is 257 g/mol. The van der Waals surface area contributed by atoms with Crippen LogP contribution in [0.1, 0.15) is 0 Å². The average Bonchev–Trinajstić information content (AvgIpc) is 2.23. The molecule has 0 saturated carbocycles. The van der Waals surface area contributed by atoms with Crippen molar-refractivity contribution in [3.63, 3.8) is 0 Å². The van der Waals surface area contributed by atoms with Crippen molar-refractivity contribution in [2.24, 2.45) is 0 Å². The normalized spacial score (nSPS) is 22.3. The Balaban J connectivity index is 2.75. The van der Waals surface area contributed by atoms with Crippen molar-refractivity contribution >= 4 is 27.1 Å². The van der Waals surface area contributed by atoms with Gasteiger partial charge in [-0.25, -0.2) is 8.42 Å². The summed E-state index contributed by atoms with van der Waals surface area (Å²) in [5, 5.41) is 9.26. The van der Waals surface area contributed by atoms with Gasteiger partial charge >= 0.3 is 0 Å². The summed E-state index contributed by atoms with van der Waals surface area (Å²) >= 11 is 5.97. The summed E-state index contributed by atoms with van der Waals surface area (Å²) in [5.74, 6) is -0.187. The smallest absolute Gasteiger partial charge is 0.183 e. The highest BCUT2D eigenvalue weighted by molar-refractivity contribution is 7.91. The van der Waals surface area contributed by atoms with Crippen LogP contribution in [0, 0.1) is 11.3 Å². The van der Waals surface area contributed by atoms with Crippen molar-refractivity contribution in [2.75, 3.05) is 17.7 Å². The van der Waals surface area contributed by atoms with Gasteiger partial charge in [0.2, 0.25) is 0 Å². The number of nitriles is 1. The standard InChI is InChI=1S/C10H9ClN2O2S/c1-13-7(5-12)6-16(14,15)9-4-2-3-8(11)10(9)13/h2-4,7H,6H2,1H3. The quantitative estimate of drug-likeness (QED) is 0.705. The van der Waals surface area contributed by atoms with Crippen LogP contribution in [0.15, 0.2) is 23.1 Å². The van der Waals surface area contributed by atoms with Crippen LogP contribution >= 0.6 is 11.6 Å². The first-order chi connectivity index (χ1) is 7.47. The summed E-state index contributed by atoms with van der Waals surface area (Å²) in [5.41, 5.74) is 0.418. The number of nitrogens with zero attached hydrogens (tertiary/aromatic N) is 2. The fourth-order valence-corrected chi connectivity index (χ4v) is 3.87. The number of hydrogen-bond donors (Lipinski definition) is 0. The number of anilines is 1. The van der Waals surface area contributed by atoms with Crippen molar-refractivity contribution in [2.45, 2.75) is 10.9 Å². The number of sulfone groups is 1. The molecule has 1 aromatic carbocycles. The molecule has 0 aliphatic carbocycles. The highest BCUT2D eigenvalue weighted by atomic mass is 35.5. The summed E-state index contributed by atoms with van der Waals surface area (Å²) in [6, 6.07) is 6.01. The number of hydrogen-bond acceptors (Lipinski definition) is 4. The third-order valence-electron chi connectivity index (χ3n) is 2.63. The summed E-state index contributed by atoms with van der Waals surface area (Å²) in [6.07, 6.45) is 0. The molecular formula is C10H9ClN2O2S. The zero-order chi connectivity index (χ0) is 11.9. The Labute approximate surface area is 99.0 Å². The van der Waals surface area contributed by atoms with E-state index in [4.69, 9.17) is 16.9 Å². The number of para-hydroxylation sites is 1. The summed E-state index contributed by atoms with van der Waals surface area (Å²) < 4.78 is 23.8. The molecule has 16 heavy (non-hydrogen) atoms. The molecule has 1 aliphatic rings. The maximum atomic E-state index is 11.9. The molecule has 0 spiro atoms. The molecule has 1 aliphatic heterocycles. The van der Waals surface area contributed by atoms with Crippen LogP contribution in [0.5, 0.6) is 0 Å². The third kappa shape index (κ3) is 1.55. The maximum absolute atomic E-state index is 11.9. The Morgan fingerprint density at radius 1 is 1.56 bits per heavy atom. The molecule has 0 bridgehead atoms. The van der Waals surface area contributed by atoms with Crippen molar-refractivity contribution in [1.82, 2.24) is 0 Å². The fraction of sp³-hybridized carbons (Fsp3) is 0.300. The first-order valence-corrected chi connectivity index (χ1v) is 6.64. The predicted octanol–water partition coefficient (Wildman–Crippen LogP) is 1.46. The van der Waals surface area contributed by atoms with Crippen LogP contribution in [0.2, 0.25) is 5.02 Å². The monoisotopic (exact) mass is 256 g/mol. The fourth-order valence-electron chi connectivity index (χ4n) is 1.78. The molecule has 0 saturated heterocycles. The molecule has 0 radical (unpaired) electrons. The van der Waals surface area contributed by atoms with Gasteiger partial charge in [-0.1, -0.05) is 17.7 Å². The van der Waals surface area contributed by atoms with Crippen molar-refractivity contribution in [3.8, 4) is 6.07 Å². The Bertz CT molecular complexity index is 577. The van der Waals surface area contributed by atoms with Crippen LogP contribution in [-0.2, 0) is 9.84 Å². The molecular weight excluding hydrogens is 248 g/mol. The van der Waals surface area contributed by atoms with Crippen molar-refractivity contribution in [1.29, 1.82) is 5.26 Å². The van der Waals surface area contributed by atoms with Crippen molar-refractivity contribution in [3.05, 3.63) is 23.2 Å². The van der Waals surface area contributed by atoms with Gasteiger partial charge in [-0.3, -0.25) is 0 Å². The minimum absolute atomic E-state index is 0.187. The molecule has 4 nitrogen and oxygen atoms in total. The zero-order valence-corrected chi connectivity index (χ0v) is 10.1. The van der Waals surface area contributed by atoms with Gasteiger partial charge in [-0.15, -0.1) is 0 Å². The van der Waals surface area contributed by atoms with E-state index in [0.717, 1.165) is 0 Å². The largest absolute Gasteiger partial charge is 0.356 e. The van der Waals surface area contributed by atoms with E-state index in [9.17, 15) is 8.42 Å². The summed E-state index contributed by atoms with van der Waals surface area (Å²) in [6.45, 7) is 0. The molecule has 84 valence electrons. The Morgan fingerprint density at radius 2 is 2.25 bits per heavy atom. The molecule has 0 fully saturated rings. The molecule has 0 amide bonds. The summed E-state index contributed by atoms with van der Waals surface area (Å²) in [4.78, 5) is 1.81. The van der Waals surface area contributed by atoms with Crippen LogP contribution in [0.25, 0.3) is 0 Å². The molecule has 2 rings (SSSR count). The van der Waals surface area contributed by atoms with Gasteiger partial charge in [0.1, 0.15) is 6.04 Å². The van der Waals surface area contributed by atoms with Crippen LogP contribution in [-0.4, -0.2) is 27.3 Å². The van der Waals surface area contributed by atoms with Gasteiger partial charge in [0, 0.05) is 7.05 Å². The van der Waals surface area contributed by atoms with Crippen molar-refractivity contribution < 1.29 is 8.42 Å². The van der Waals surface area contributed by atoms with Crippen LogP contribution in [0.3, 0.4) is 0 Å². The highest BCUT2D eigenvalue weighted by Crippen LogP contribution is 2.37. The first-order valence-electron chi connectivity index (χ1n) is 4.61. The lowest BCUT2D eigenvalue weighted by molar-refractivity contribution is 0.586. The second-order valence-corrected chi connectivity index (χ2v) is 6.03. The molecule has 1 atom stereocenters. The van der Waals surface area contributed by atoms with E-state index in [-0.39, 0.29) is 10.6 Å². The van der Waals surface area contributed by atoms with Gasteiger partial charge in [-0.05, 0) is 12.1 Å². The van der Waals surface area contributed by atoms with E-state index in [2.05, 4.69) is 0 Å². The number of halogens is 1. The van der Waals surface area contributed by atoms with Gasteiger partial charge in [0.05, 0.1) is 27.4 Å². The molecule has 1 heterocycles. The molecule has 6 heteroatoms. The molecule has 0 N–H and O–H groups in total. The highest BCUT2D eigenvalue weighted by Gasteiger charge is 2.35. The topological polar surface area (TPSA) is 61.2 Å². The first kappa shape index (κ1) is 11.2. The van der Waals surface area contributed by atoms with Gasteiger partial charge in [-0.2, -0.15) is 5.26 Å². The molecule has 1 unspecified atom stereocenters. The predicted molar refractivity (Wildman–Crippen MR) is 61.3 cm³/mol. The van der Waals surface area contributed by atoms with E-state index in [1.807, 2.05) is 6.07 Å². The Kier molecular flexibility index (Phi) is 2.56. The number of fused-ring (bicyclic) bond motifs is 1. The minimum atomic E-state index is -3.41. The lowest BCUT2D eigenvalue weighted by Gasteiger charge is -2.32. The molecule has 0 aromatic heterocycles. The lowest BCUT2D eigenvalue weighted by Crippen LogP contribution is -2.41. The third-order valence-corrected chi connectivity index (χ3v) is 4.69. The number of rotatable bonds is 0. The SMILES string of the molecule is CN1c2c(Cl)cccc2S(=O)(=O)CC1C#N. The minimum Gasteiger partial charge on any atom is -0.356 e. The second kappa shape index (κ2) is 3.65. The van der Waals surface area contributed by atoms with Crippen LogP contribution < -0.4 is 4.90 Å². The summed E-state index contributed by atoms with van der Waals surface area (Å²) in [7, 11) is -1.73. The zero-order valence-electron chi connectivity index (χ0n) is 8.51. The molecule has 1 aromatic rings. The Morgan fingerprint density at radius 3 is 2.88 bits per heavy atom. The van der Waals surface area contributed by atoms with Gasteiger partial charge in [0.25, 0.3) is 0 Å². The van der Waals surface area contributed by atoms with Crippen LogP contribution in [0.4, 0.5) is 5.69 Å². The van der Waals surface area contributed by atoms with E-state index in [0.29, 0.717) is 10.7 Å². The van der Waals surface area contributed by atoms with Gasteiger partial charge < -0.3 is 4.90 Å². The maximum Gasteiger partial charge on any atom is 0.183 e. The van der Waals surface area contributed by atoms with E-state index in [1.165, 1.54) is 6.07 Å². The number of benzene rings is 1. The van der Waals surface area contributed by atoms with E-state index >= 15 is 0 Å². The van der Waals surface area contributed by atoms with E-state index < -0.39 is 15.9 Å². The van der Waals surface area contributed by atoms with Gasteiger partial charge in [0.15, 0.2) is 9.84 Å². The second-order valence-electron chi connectivity index (χ2n) is 3.62. The van der Waals surface area contributed by atoms with E-state index in [1.54, 1.807) is 24.1 Å².